The summed E-state index contributed by atoms with van der Waals surface area (Å²) in [4.78, 5) is 8.00. The van der Waals surface area contributed by atoms with Crippen LogP contribution in [0.5, 0.6) is 0 Å². The molecule has 48 valence electrons. The van der Waals surface area contributed by atoms with Gasteiger partial charge in [-0.05, 0) is 0 Å². The van der Waals surface area contributed by atoms with Crippen molar-refractivity contribution in [1.82, 2.24) is 0 Å². The van der Waals surface area contributed by atoms with Gasteiger partial charge in [-0.3, -0.25) is 0 Å². The van der Waals surface area contributed by atoms with Crippen molar-refractivity contribution in [3.8, 4) is 0 Å². The summed E-state index contributed by atoms with van der Waals surface area (Å²) in [5.74, 6) is 0. The van der Waals surface area contributed by atoms with Crippen LogP contribution in [0.4, 0.5) is 0 Å². The van der Waals surface area contributed by atoms with Crippen LogP contribution in [0.3, 0.4) is 0 Å². The van der Waals surface area contributed by atoms with E-state index in [1.807, 2.05) is 43.2 Å². The molecule has 1 aromatic rings. The molecule has 0 heterocycles. The van der Waals surface area contributed by atoms with E-state index in [2.05, 4.69) is 0 Å². The van der Waals surface area contributed by atoms with E-state index in [4.69, 9.17) is 4.79 Å². The Morgan fingerprint density at radius 2 is 0.778 bits per heavy atom. The van der Waals surface area contributed by atoms with Gasteiger partial charge in [-0.1, -0.05) is 36.4 Å². The van der Waals surface area contributed by atoms with Crippen LogP contribution in [0.2, 0.25) is 0 Å². The monoisotopic (exact) mass is 160 g/mol. The van der Waals surface area contributed by atoms with Gasteiger partial charge in [0.2, 0.25) is 0 Å². The zero-order valence-corrected chi connectivity index (χ0v) is 6.26. The second kappa shape index (κ2) is 10.4. The van der Waals surface area contributed by atoms with Crippen LogP contribution in [-0.2, 0) is 22.2 Å². The first-order valence-electron chi connectivity index (χ1n) is 2.29. The third kappa shape index (κ3) is 7.42. The van der Waals surface area contributed by atoms with Gasteiger partial charge in [0.1, 0.15) is 6.79 Å². The van der Waals surface area contributed by atoms with E-state index < -0.39 is 0 Å². The molecule has 0 aromatic heterocycles. The number of carbonyl (C=O) groups excluding carboxylic acids is 1. The van der Waals surface area contributed by atoms with Gasteiger partial charge in [0.15, 0.2) is 0 Å². The smallest absolute Gasteiger partial charge is 0.106 e. The van der Waals surface area contributed by atoms with Crippen LogP contribution in [-0.4, -0.2) is 6.79 Å². The van der Waals surface area contributed by atoms with Gasteiger partial charge >= 0.3 is 0 Å². The van der Waals surface area contributed by atoms with Gasteiger partial charge in [0, 0.05) is 17.4 Å². The standard InChI is InChI=1S/C6H6.CH2O.Cr/c1-2-4-6-5-3-1;1-2;/h1-6H;1H2;. The van der Waals surface area contributed by atoms with Crippen molar-refractivity contribution in [2.45, 2.75) is 0 Å². The Balaban J connectivity index is 0. The van der Waals surface area contributed by atoms with Crippen molar-refractivity contribution < 1.29 is 22.2 Å². The average molecular weight is 160 g/mol. The summed E-state index contributed by atoms with van der Waals surface area (Å²) in [5.41, 5.74) is 0. The molecule has 0 aliphatic heterocycles. The van der Waals surface area contributed by atoms with Crippen LogP contribution < -0.4 is 0 Å². The van der Waals surface area contributed by atoms with E-state index in [1.165, 1.54) is 0 Å². The second-order valence-corrected chi connectivity index (χ2v) is 1.15. The Morgan fingerprint density at radius 1 is 0.667 bits per heavy atom. The van der Waals surface area contributed by atoms with Crippen LogP contribution in [0, 0.1) is 0 Å². The van der Waals surface area contributed by atoms with Gasteiger partial charge in [-0.25, -0.2) is 0 Å². The van der Waals surface area contributed by atoms with E-state index in [9.17, 15) is 0 Å². The zero-order valence-electron chi connectivity index (χ0n) is 4.99. The average Bonchev–Trinajstić information content (AvgIpc) is 1.96. The summed E-state index contributed by atoms with van der Waals surface area (Å²) in [7, 11) is 0. The van der Waals surface area contributed by atoms with Crippen LogP contribution >= 0.6 is 0 Å². The molecule has 0 saturated heterocycles. The fourth-order valence-electron chi connectivity index (χ4n) is 0.385. The van der Waals surface area contributed by atoms with Gasteiger partial charge in [-0.2, -0.15) is 0 Å². The molecule has 0 radical (unpaired) electrons. The Kier molecular flexibility index (Phi) is 13.0. The molecule has 0 spiro atoms. The number of benzene rings is 1. The molecule has 1 rings (SSSR count). The third-order valence-electron chi connectivity index (χ3n) is 0.667. The molecular formula is C7H8CrO. The van der Waals surface area contributed by atoms with E-state index >= 15 is 0 Å². The molecular weight excluding hydrogens is 152 g/mol. The van der Waals surface area contributed by atoms with Crippen LogP contribution in [0.15, 0.2) is 36.4 Å². The minimum Gasteiger partial charge on any atom is -0.307 e. The van der Waals surface area contributed by atoms with Crippen molar-refractivity contribution in [3.05, 3.63) is 36.4 Å². The van der Waals surface area contributed by atoms with E-state index in [1.54, 1.807) is 0 Å². The minimum atomic E-state index is 0. The first kappa shape index (κ1) is 11.2. The summed E-state index contributed by atoms with van der Waals surface area (Å²) in [6.45, 7) is 2.00. The fraction of sp³-hybridized carbons (Fsp3) is 0. The molecule has 0 N–H and O–H groups in total. The molecule has 1 nitrogen and oxygen atoms in total. The van der Waals surface area contributed by atoms with Crippen molar-refractivity contribution in [2.75, 3.05) is 0 Å². The van der Waals surface area contributed by atoms with Gasteiger partial charge < -0.3 is 4.79 Å². The quantitative estimate of drug-likeness (QED) is 0.562. The van der Waals surface area contributed by atoms with E-state index in [0.717, 1.165) is 0 Å². The molecule has 0 fully saturated rings. The van der Waals surface area contributed by atoms with Crippen molar-refractivity contribution in [3.63, 3.8) is 0 Å². The van der Waals surface area contributed by atoms with Gasteiger partial charge in [-0.15, -0.1) is 0 Å². The zero-order chi connectivity index (χ0) is 6.24. The SMILES string of the molecule is C=O.[Cr].c1ccccc1. The Labute approximate surface area is 65.8 Å². The van der Waals surface area contributed by atoms with Crippen molar-refractivity contribution in [2.24, 2.45) is 0 Å². The normalized spacial score (nSPS) is 5.78. The summed E-state index contributed by atoms with van der Waals surface area (Å²) < 4.78 is 0. The first-order valence-corrected chi connectivity index (χ1v) is 2.29. The van der Waals surface area contributed by atoms with Crippen LogP contribution in [0.1, 0.15) is 0 Å². The van der Waals surface area contributed by atoms with Gasteiger partial charge in [0.25, 0.3) is 0 Å². The molecule has 0 atom stereocenters. The molecule has 0 aliphatic rings. The predicted octanol–water partition coefficient (Wildman–Crippen LogP) is 1.50. The summed E-state index contributed by atoms with van der Waals surface area (Å²) in [6.07, 6.45) is 0. The molecule has 1 aromatic carbocycles. The molecule has 0 unspecified atom stereocenters. The summed E-state index contributed by atoms with van der Waals surface area (Å²) in [5, 5.41) is 0. The second-order valence-electron chi connectivity index (χ2n) is 1.15. The Bertz CT molecular complexity index is 91.8. The molecule has 0 amide bonds. The molecule has 0 saturated carbocycles. The number of hydrogen-bond donors (Lipinski definition) is 0. The molecule has 2 heteroatoms. The number of hydrogen-bond acceptors (Lipinski definition) is 1. The minimum absolute atomic E-state index is 0. The summed E-state index contributed by atoms with van der Waals surface area (Å²) >= 11 is 0. The maximum atomic E-state index is 8.00. The fourth-order valence-corrected chi connectivity index (χ4v) is 0.385. The topological polar surface area (TPSA) is 17.1 Å². The maximum Gasteiger partial charge on any atom is 0.106 e. The number of rotatable bonds is 0. The maximum absolute atomic E-state index is 8.00. The first-order chi connectivity index (χ1) is 4.00. The van der Waals surface area contributed by atoms with E-state index in [0.29, 0.717) is 0 Å². The molecule has 0 bridgehead atoms. The Morgan fingerprint density at radius 3 is 0.889 bits per heavy atom. The van der Waals surface area contributed by atoms with Gasteiger partial charge in [0.05, 0.1) is 0 Å². The largest absolute Gasteiger partial charge is 0.307 e. The van der Waals surface area contributed by atoms with E-state index in [-0.39, 0.29) is 17.4 Å². The van der Waals surface area contributed by atoms with Crippen molar-refractivity contribution in [1.29, 1.82) is 0 Å². The van der Waals surface area contributed by atoms with Crippen molar-refractivity contribution >= 4 is 6.79 Å². The van der Waals surface area contributed by atoms with Crippen LogP contribution in [0.25, 0.3) is 0 Å². The summed E-state index contributed by atoms with van der Waals surface area (Å²) in [6, 6.07) is 12.0. The molecule has 9 heavy (non-hydrogen) atoms. The molecule has 0 aliphatic carbocycles. The number of carbonyl (C=O) groups is 1. The Hall–Kier alpha value is -0.578. The third-order valence-corrected chi connectivity index (χ3v) is 0.667. The predicted molar refractivity (Wildman–Crippen MR) is 33.6 cm³/mol.